The molecule has 0 fully saturated rings. The van der Waals surface area contributed by atoms with Gasteiger partial charge in [0.25, 0.3) is 0 Å². The summed E-state index contributed by atoms with van der Waals surface area (Å²) in [6, 6.07) is 6.78. The molecule has 2 rings (SSSR count). The number of rotatable bonds is 3. The molecule has 128 valence electrons. The Labute approximate surface area is 139 Å². The molecule has 8 heteroatoms. The fraction of sp³-hybridized carbons (Fsp3) is 0.375. The molecule has 1 aromatic carbocycles. The first kappa shape index (κ1) is 17.5. The van der Waals surface area contributed by atoms with Crippen LogP contribution < -0.4 is 4.90 Å². The number of methoxy groups -OCH3 is 1. The van der Waals surface area contributed by atoms with Crippen molar-refractivity contribution in [3.8, 4) is 0 Å². The Hall–Kier alpha value is -2.90. The molecule has 0 saturated heterocycles. The first-order chi connectivity index (χ1) is 11.4. The van der Waals surface area contributed by atoms with Gasteiger partial charge in [-0.05, 0) is 19.1 Å². The van der Waals surface area contributed by atoms with Crippen molar-refractivity contribution < 1.29 is 23.9 Å². The molecule has 24 heavy (non-hydrogen) atoms. The summed E-state index contributed by atoms with van der Waals surface area (Å²) in [4.78, 5) is 42.0. The van der Waals surface area contributed by atoms with Crippen LogP contribution in [0, 0.1) is 5.92 Å². The second kappa shape index (κ2) is 7.12. The van der Waals surface area contributed by atoms with Crippen molar-refractivity contribution in [3.63, 3.8) is 0 Å². The molecule has 0 unspecified atom stereocenters. The molecule has 2 aromatic rings. The second-order valence-corrected chi connectivity index (χ2v) is 5.23. The molecule has 0 aliphatic heterocycles. The molecule has 0 N–H and O–H groups in total. The Balaban J connectivity index is 2.71. The minimum atomic E-state index is -0.922. The summed E-state index contributed by atoms with van der Waals surface area (Å²) in [5, 5.41) is 0. The van der Waals surface area contributed by atoms with Crippen molar-refractivity contribution >= 4 is 35.1 Å². The van der Waals surface area contributed by atoms with Crippen molar-refractivity contribution in [2.24, 2.45) is 5.92 Å². The van der Waals surface area contributed by atoms with Crippen LogP contribution in [-0.2, 0) is 14.3 Å². The number of imide groups is 1. The Morgan fingerprint density at radius 3 is 2.50 bits per heavy atom. The number of carbonyl (C=O) groups excluding carboxylic acids is 3. The maximum Gasteiger partial charge on any atom is 0.423 e. The standard InChI is InChI=1S/C16H19N3O5/c1-5-24-16(22)18-12-9-7-6-8-11(12)17-14(18)19(15(21)23-4)13(20)10(2)3/h6-10H,5H2,1-4H3. The summed E-state index contributed by atoms with van der Waals surface area (Å²) in [6.07, 6.45) is -1.65. The van der Waals surface area contributed by atoms with Gasteiger partial charge in [0.1, 0.15) is 0 Å². The zero-order chi connectivity index (χ0) is 17.9. The van der Waals surface area contributed by atoms with Crippen LogP contribution in [0.3, 0.4) is 0 Å². The average molecular weight is 333 g/mol. The predicted molar refractivity (Wildman–Crippen MR) is 86.9 cm³/mol. The molecular formula is C16H19N3O5. The molecule has 2 amide bonds. The number of carbonyl (C=O) groups is 3. The number of imidazole rings is 1. The third-order valence-corrected chi connectivity index (χ3v) is 3.26. The van der Waals surface area contributed by atoms with Gasteiger partial charge in [0.05, 0.1) is 24.8 Å². The number of ether oxygens (including phenoxy) is 2. The number of para-hydroxylation sites is 2. The van der Waals surface area contributed by atoms with E-state index >= 15 is 0 Å². The maximum atomic E-state index is 12.5. The molecule has 0 aliphatic rings. The summed E-state index contributed by atoms with van der Waals surface area (Å²) in [5.41, 5.74) is 0.877. The lowest BCUT2D eigenvalue weighted by molar-refractivity contribution is -0.121. The van der Waals surface area contributed by atoms with Crippen LogP contribution in [0.4, 0.5) is 15.5 Å². The molecule has 8 nitrogen and oxygen atoms in total. The quantitative estimate of drug-likeness (QED) is 0.858. The Morgan fingerprint density at radius 2 is 1.92 bits per heavy atom. The zero-order valence-corrected chi connectivity index (χ0v) is 14.0. The van der Waals surface area contributed by atoms with E-state index in [0.29, 0.717) is 11.0 Å². The normalized spacial score (nSPS) is 10.7. The molecule has 0 atom stereocenters. The largest absolute Gasteiger partial charge is 0.452 e. The third-order valence-electron chi connectivity index (χ3n) is 3.26. The monoisotopic (exact) mass is 333 g/mol. The molecule has 0 spiro atoms. The van der Waals surface area contributed by atoms with Gasteiger partial charge in [-0.15, -0.1) is 0 Å². The fourth-order valence-corrected chi connectivity index (χ4v) is 2.15. The minimum Gasteiger partial charge on any atom is -0.452 e. The van der Waals surface area contributed by atoms with E-state index in [9.17, 15) is 14.4 Å². The number of hydrogen-bond donors (Lipinski definition) is 0. The van der Waals surface area contributed by atoms with Crippen LogP contribution in [0.25, 0.3) is 11.0 Å². The van der Waals surface area contributed by atoms with Crippen molar-refractivity contribution in [2.45, 2.75) is 20.8 Å². The van der Waals surface area contributed by atoms with E-state index < -0.39 is 24.0 Å². The highest BCUT2D eigenvalue weighted by molar-refractivity contribution is 6.13. The van der Waals surface area contributed by atoms with E-state index in [1.807, 2.05) is 0 Å². The smallest absolute Gasteiger partial charge is 0.423 e. The zero-order valence-electron chi connectivity index (χ0n) is 14.0. The summed E-state index contributed by atoms with van der Waals surface area (Å²) < 4.78 is 10.8. The molecule has 1 aromatic heterocycles. The fourth-order valence-electron chi connectivity index (χ4n) is 2.15. The highest BCUT2D eigenvalue weighted by Crippen LogP contribution is 2.25. The molecule has 0 bridgehead atoms. The van der Waals surface area contributed by atoms with Crippen LogP contribution in [0.5, 0.6) is 0 Å². The number of amides is 2. The highest BCUT2D eigenvalue weighted by atomic mass is 16.6. The number of fused-ring (bicyclic) bond motifs is 1. The van der Waals surface area contributed by atoms with Gasteiger partial charge < -0.3 is 9.47 Å². The Kier molecular flexibility index (Phi) is 5.18. The van der Waals surface area contributed by atoms with Gasteiger partial charge in [-0.25, -0.2) is 19.1 Å². The van der Waals surface area contributed by atoms with Gasteiger partial charge >= 0.3 is 12.2 Å². The van der Waals surface area contributed by atoms with Crippen LogP contribution in [0.1, 0.15) is 20.8 Å². The van der Waals surface area contributed by atoms with Crippen LogP contribution in [0.15, 0.2) is 24.3 Å². The Morgan fingerprint density at radius 1 is 1.25 bits per heavy atom. The van der Waals surface area contributed by atoms with Crippen LogP contribution >= 0.6 is 0 Å². The lowest BCUT2D eigenvalue weighted by Gasteiger charge is -2.20. The SMILES string of the molecule is CCOC(=O)n1c(N(C(=O)OC)C(=O)C(C)C)nc2ccccc21. The minimum absolute atomic E-state index is 0.140. The molecule has 0 aliphatic carbocycles. The van der Waals surface area contributed by atoms with Crippen LogP contribution in [-0.4, -0.2) is 41.4 Å². The van der Waals surface area contributed by atoms with Gasteiger partial charge in [-0.2, -0.15) is 4.90 Å². The lowest BCUT2D eigenvalue weighted by Crippen LogP contribution is -2.42. The maximum absolute atomic E-state index is 12.5. The first-order valence-electron chi connectivity index (χ1n) is 7.48. The van der Waals surface area contributed by atoms with E-state index in [0.717, 1.165) is 16.6 Å². The lowest BCUT2D eigenvalue weighted by atomic mass is 10.2. The number of nitrogens with zero attached hydrogens (tertiary/aromatic N) is 3. The van der Waals surface area contributed by atoms with E-state index in [-0.39, 0.29) is 12.6 Å². The third kappa shape index (κ3) is 3.08. The highest BCUT2D eigenvalue weighted by Gasteiger charge is 2.33. The van der Waals surface area contributed by atoms with Gasteiger partial charge in [0.15, 0.2) is 0 Å². The van der Waals surface area contributed by atoms with Crippen molar-refractivity contribution in [2.75, 3.05) is 18.6 Å². The number of aromatic nitrogens is 2. The molecule has 1 heterocycles. The van der Waals surface area contributed by atoms with Crippen molar-refractivity contribution in [3.05, 3.63) is 24.3 Å². The van der Waals surface area contributed by atoms with Crippen molar-refractivity contribution in [1.29, 1.82) is 0 Å². The summed E-state index contributed by atoms with van der Waals surface area (Å²) in [5.74, 6) is -1.19. The Bertz CT molecular complexity index is 781. The van der Waals surface area contributed by atoms with E-state index in [1.54, 1.807) is 45.0 Å². The summed E-state index contributed by atoms with van der Waals surface area (Å²) >= 11 is 0. The van der Waals surface area contributed by atoms with Crippen molar-refractivity contribution in [1.82, 2.24) is 9.55 Å². The number of anilines is 1. The van der Waals surface area contributed by atoms with Gasteiger partial charge in [0.2, 0.25) is 11.9 Å². The predicted octanol–water partition coefficient (Wildman–Crippen LogP) is 2.80. The average Bonchev–Trinajstić information content (AvgIpc) is 2.93. The molecule has 0 radical (unpaired) electrons. The first-order valence-corrected chi connectivity index (χ1v) is 7.48. The molecular weight excluding hydrogens is 314 g/mol. The topological polar surface area (TPSA) is 90.7 Å². The van der Waals surface area contributed by atoms with Gasteiger partial charge in [-0.1, -0.05) is 26.0 Å². The summed E-state index contributed by atoms with van der Waals surface area (Å²) in [6.45, 7) is 5.07. The second-order valence-electron chi connectivity index (χ2n) is 5.23. The van der Waals surface area contributed by atoms with E-state index in [2.05, 4.69) is 9.72 Å². The number of benzene rings is 1. The van der Waals surface area contributed by atoms with Gasteiger partial charge in [0, 0.05) is 5.92 Å². The van der Waals surface area contributed by atoms with Gasteiger partial charge in [-0.3, -0.25) is 4.79 Å². The van der Waals surface area contributed by atoms with E-state index in [1.165, 1.54) is 0 Å². The summed E-state index contributed by atoms with van der Waals surface area (Å²) in [7, 11) is 1.15. The van der Waals surface area contributed by atoms with Crippen LogP contribution in [0.2, 0.25) is 0 Å². The number of hydrogen-bond acceptors (Lipinski definition) is 6. The van der Waals surface area contributed by atoms with E-state index in [4.69, 9.17) is 4.74 Å². The molecule has 0 saturated carbocycles.